The summed E-state index contributed by atoms with van der Waals surface area (Å²) < 4.78 is 10.6. The molecule has 0 fully saturated rings. The third kappa shape index (κ3) is 3.77. The summed E-state index contributed by atoms with van der Waals surface area (Å²) >= 11 is 0. The molecule has 0 aliphatic heterocycles. The number of nitriles is 1. The zero-order chi connectivity index (χ0) is 15.8. The van der Waals surface area contributed by atoms with E-state index in [0.717, 1.165) is 22.6 Å². The van der Waals surface area contributed by atoms with Crippen LogP contribution in [0, 0.1) is 11.3 Å². The molecule has 0 spiro atoms. The molecule has 2 aromatic carbocycles. The predicted octanol–water partition coefficient (Wildman–Crippen LogP) is 4.32. The van der Waals surface area contributed by atoms with E-state index in [0.29, 0.717) is 5.57 Å². The van der Waals surface area contributed by atoms with Crippen LogP contribution < -0.4 is 9.47 Å². The van der Waals surface area contributed by atoms with Gasteiger partial charge in [0.25, 0.3) is 0 Å². The lowest BCUT2D eigenvalue weighted by molar-refractivity contribution is 0.413. The van der Waals surface area contributed by atoms with Crippen LogP contribution in [-0.4, -0.2) is 14.2 Å². The van der Waals surface area contributed by atoms with Gasteiger partial charge < -0.3 is 9.47 Å². The number of allylic oxidation sites excluding steroid dienone is 2. The Morgan fingerprint density at radius 2 is 1.45 bits per heavy atom. The molecule has 0 saturated carbocycles. The standard InChI is InChI=1S/C19H17NO2/c1-21-18-9-5-3-7-16(18)12-11-15(14-20)13-17-8-4-6-10-19(17)22-2/h3-13H,1-2H3. The average molecular weight is 291 g/mol. The van der Waals surface area contributed by atoms with Gasteiger partial charge in [-0.1, -0.05) is 36.4 Å². The second-order valence-electron chi connectivity index (χ2n) is 4.53. The molecule has 0 atom stereocenters. The fraction of sp³-hybridized carbons (Fsp3) is 0.105. The third-order valence-corrected chi connectivity index (χ3v) is 3.16. The Bertz CT molecular complexity index is 739. The Labute approximate surface area is 130 Å². The van der Waals surface area contributed by atoms with Gasteiger partial charge in [-0.2, -0.15) is 5.26 Å². The van der Waals surface area contributed by atoms with Gasteiger partial charge in [-0.15, -0.1) is 0 Å². The lowest BCUT2D eigenvalue weighted by Crippen LogP contribution is -1.87. The summed E-state index contributed by atoms with van der Waals surface area (Å²) in [6, 6.07) is 17.4. The molecule has 0 N–H and O–H groups in total. The number of rotatable bonds is 5. The second-order valence-corrected chi connectivity index (χ2v) is 4.53. The summed E-state index contributed by atoms with van der Waals surface area (Å²) in [4.78, 5) is 0. The predicted molar refractivity (Wildman–Crippen MR) is 88.6 cm³/mol. The summed E-state index contributed by atoms with van der Waals surface area (Å²) in [7, 11) is 3.24. The van der Waals surface area contributed by atoms with Gasteiger partial charge in [-0.05, 0) is 30.4 Å². The van der Waals surface area contributed by atoms with E-state index in [1.807, 2.05) is 54.6 Å². The largest absolute Gasteiger partial charge is 0.496 e. The summed E-state index contributed by atoms with van der Waals surface area (Å²) in [6.07, 6.45) is 5.43. The number of hydrogen-bond donors (Lipinski definition) is 0. The Kier molecular flexibility index (Phi) is 5.39. The average Bonchev–Trinajstić information content (AvgIpc) is 2.59. The van der Waals surface area contributed by atoms with Crippen LogP contribution in [0.3, 0.4) is 0 Å². The molecule has 0 aliphatic rings. The maximum Gasteiger partial charge on any atom is 0.126 e. The van der Waals surface area contributed by atoms with Crippen LogP contribution in [0.1, 0.15) is 11.1 Å². The Morgan fingerprint density at radius 1 is 0.909 bits per heavy atom. The quantitative estimate of drug-likeness (QED) is 0.608. The molecular weight excluding hydrogens is 274 g/mol. The maximum absolute atomic E-state index is 9.31. The van der Waals surface area contributed by atoms with Crippen LogP contribution in [0.4, 0.5) is 0 Å². The van der Waals surface area contributed by atoms with Crippen molar-refractivity contribution in [3.05, 3.63) is 71.3 Å². The summed E-state index contributed by atoms with van der Waals surface area (Å²) in [5, 5.41) is 9.31. The molecule has 0 aromatic heterocycles. The van der Waals surface area contributed by atoms with E-state index in [1.165, 1.54) is 0 Å². The molecule has 2 aromatic rings. The highest BCUT2D eigenvalue weighted by Gasteiger charge is 2.01. The van der Waals surface area contributed by atoms with Crippen LogP contribution in [-0.2, 0) is 0 Å². The van der Waals surface area contributed by atoms with E-state index in [1.54, 1.807) is 26.4 Å². The Balaban J connectivity index is 2.31. The zero-order valence-corrected chi connectivity index (χ0v) is 12.6. The molecule has 3 nitrogen and oxygen atoms in total. The fourth-order valence-corrected chi connectivity index (χ4v) is 2.05. The van der Waals surface area contributed by atoms with E-state index in [2.05, 4.69) is 6.07 Å². The smallest absolute Gasteiger partial charge is 0.126 e. The van der Waals surface area contributed by atoms with E-state index in [-0.39, 0.29) is 0 Å². The number of para-hydroxylation sites is 2. The molecular formula is C19H17NO2. The third-order valence-electron chi connectivity index (χ3n) is 3.16. The molecule has 110 valence electrons. The normalized spacial score (nSPS) is 11.2. The van der Waals surface area contributed by atoms with Crippen molar-refractivity contribution in [2.45, 2.75) is 0 Å². The summed E-state index contributed by atoms with van der Waals surface area (Å²) in [6.45, 7) is 0. The molecule has 0 radical (unpaired) electrons. The van der Waals surface area contributed by atoms with Crippen LogP contribution >= 0.6 is 0 Å². The maximum atomic E-state index is 9.31. The first-order valence-electron chi connectivity index (χ1n) is 6.84. The zero-order valence-electron chi connectivity index (χ0n) is 12.6. The highest BCUT2D eigenvalue weighted by atomic mass is 16.5. The lowest BCUT2D eigenvalue weighted by Gasteiger charge is -2.04. The van der Waals surface area contributed by atoms with Gasteiger partial charge >= 0.3 is 0 Å². The molecule has 0 unspecified atom stereocenters. The number of benzene rings is 2. The number of nitrogens with zero attached hydrogens (tertiary/aromatic N) is 1. The van der Waals surface area contributed by atoms with E-state index < -0.39 is 0 Å². The van der Waals surface area contributed by atoms with Crippen molar-refractivity contribution < 1.29 is 9.47 Å². The monoisotopic (exact) mass is 291 g/mol. The molecule has 0 bridgehead atoms. The van der Waals surface area contributed by atoms with Gasteiger partial charge in [-0.3, -0.25) is 0 Å². The number of hydrogen-bond acceptors (Lipinski definition) is 3. The first-order valence-corrected chi connectivity index (χ1v) is 6.84. The van der Waals surface area contributed by atoms with Crippen molar-refractivity contribution in [2.24, 2.45) is 0 Å². The van der Waals surface area contributed by atoms with Crippen molar-refractivity contribution in [2.75, 3.05) is 14.2 Å². The SMILES string of the molecule is COc1ccccc1C=CC(C#N)=Cc1ccccc1OC. The molecule has 3 heteroatoms. The van der Waals surface area contributed by atoms with Gasteiger partial charge in [-0.25, -0.2) is 0 Å². The molecule has 0 heterocycles. The van der Waals surface area contributed by atoms with Crippen LogP contribution in [0.2, 0.25) is 0 Å². The van der Waals surface area contributed by atoms with Crippen molar-refractivity contribution >= 4 is 12.2 Å². The van der Waals surface area contributed by atoms with Crippen LogP contribution in [0.15, 0.2) is 60.2 Å². The van der Waals surface area contributed by atoms with Crippen LogP contribution in [0.25, 0.3) is 12.2 Å². The van der Waals surface area contributed by atoms with Gasteiger partial charge in [0.1, 0.15) is 11.5 Å². The minimum absolute atomic E-state index is 0.537. The molecule has 22 heavy (non-hydrogen) atoms. The fourth-order valence-electron chi connectivity index (χ4n) is 2.05. The van der Waals surface area contributed by atoms with Crippen molar-refractivity contribution in [1.29, 1.82) is 5.26 Å². The molecule has 0 amide bonds. The van der Waals surface area contributed by atoms with E-state index in [9.17, 15) is 5.26 Å². The highest BCUT2D eigenvalue weighted by Crippen LogP contribution is 2.22. The lowest BCUT2D eigenvalue weighted by atomic mass is 10.1. The van der Waals surface area contributed by atoms with Gasteiger partial charge in [0.05, 0.1) is 25.9 Å². The van der Waals surface area contributed by atoms with Crippen molar-refractivity contribution in [3.8, 4) is 17.6 Å². The summed E-state index contributed by atoms with van der Waals surface area (Å²) in [5.41, 5.74) is 2.33. The first kappa shape index (κ1) is 15.4. The van der Waals surface area contributed by atoms with Crippen molar-refractivity contribution in [1.82, 2.24) is 0 Å². The number of methoxy groups -OCH3 is 2. The molecule has 2 rings (SSSR count). The highest BCUT2D eigenvalue weighted by molar-refractivity contribution is 5.69. The minimum Gasteiger partial charge on any atom is -0.496 e. The first-order chi connectivity index (χ1) is 10.8. The minimum atomic E-state index is 0.537. The Morgan fingerprint density at radius 3 is 2.05 bits per heavy atom. The van der Waals surface area contributed by atoms with E-state index >= 15 is 0 Å². The van der Waals surface area contributed by atoms with Gasteiger partial charge in [0.15, 0.2) is 0 Å². The number of ether oxygens (including phenoxy) is 2. The van der Waals surface area contributed by atoms with Crippen molar-refractivity contribution in [3.63, 3.8) is 0 Å². The molecule has 0 aliphatic carbocycles. The molecule has 0 saturated heterocycles. The van der Waals surface area contributed by atoms with Crippen LogP contribution in [0.5, 0.6) is 11.5 Å². The Hall–Kier alpha value is -2.99. The second kappa shape index (κ2) is 7.70. The van der Waals surface area contributed by atoms with Gasteiger partial charge in [0, 0.05) is 11.1 Å². The van der Waals surface area contributed by atoms with Gasteiger partial charge in [0.2, 0.25) is 0 Å². The van der Waals surface area contributed by atoms with E-state index in [4.69, 9.17) is 9.47 Å². The topological polar surface area (TPSA) is 42.2 Å². The summed E-state index contributed by atoms with van der Waals surface area (Å²) in [5.74, 6) is 1.51.